The van der Waals surface area contributed by atoms with Crippen LogP contribution in [-0.2, 0) is 9.53 Å². The third-order valence-electron chi connectivity index (χ3n) is 6.73. The largest absolute Gasteiger partial charge is 0.446 e. The van der Waals surface area contributed by atoms with Gasteiger partial charge in [0.15, 0.2) is 0 Å². The van der Waals surface area contributed by atoms with Gasteiger partial charge >= 0.3 is 6.09 Å². The Bertz CT molecular complexity index is 1310. The molecule has 0 bridgehead atoms. The number of ether oxygens (including phenoxy) is 1. The van der Waals surface area contributed by atoms with E-state index in [-0.39, 0.29) is 18.3 Å². The van der Waals surface area contributed by atoms with Crippen LogP contribution in [0.15, 0.2) is 78.0 Å². The minimum atomic E-state index is -0.434. The third kappa shape index (κ3) is 7.24. The van der Waals surface area contributed by atoms with Crippen molar-refractivity contribution in [2.24, 2.45) is 4.99 Å². The molecule has 3 aliphatic rings. The van der Waals surface area contributed by atoms with E-state index in [1.54, 1.807) is 11.1 Å². The SMILES string of the molecule is C=C=C/C(=C1/N=C(N2CCN(C(=O)O[C@H](CCC(=C)C)CC(C)=O)CC2)C=CN1C)c1cccnc1C1=C[CH]1. The third-order valence-corrected chi connectivity index (χ3v) is 6.73. The molecule has 1 saturated heterocycles. The van der Waals surface area contributed by atoms with Gasteiger partial charge in [0, 0.05) is 69.6 Å². The zero-order chi connectivity index (χ0) is 27.9. The predicted molar refractivity (Wildman–Crippen MR) is 154 cm³/mol. The highest BCUT2D eigenvalue weighted by Gasteiger charge is 2.28. The average molecular weight is 527 g/mol. The molecule has 203 valence electrons. The summed E-state index contributed by atoms with van der Waals surface area (Å²) in [6.07, 6.45) is 12.4. The molecule has 0 saturated carbocycles. The molecule has 1 aliphatic carbocycles. The summed E-state index contributed by atoms with van der Waals surface area (Å²) in [4.78, 5) is 40.0. The molecule has 4 rings (SSSR count). The van der Waals surface area contributed by atoms with Gasteiger partial charge in [0.05, 0.1) is 5.69 Å². The summed E-state index contributed by atoms with van der Waals surface area (Å²) in [7, 11) is 1.96. The smallest absolute Gasteiger partial charge is 0.410 e. The van der Waals surface area contributed by atoms with Crippen molar-refractivity contribution in [2.45, 2.75) is 39.2 Å². The van der Waals surface area contributed by atoms with E-state index in [0.29, 0.717) is 32.6 Å². The van der Waals surface area contributed by atoms with Crippen LogP contribution in [0.4, 0.5) is 4.79 Å². The van der Waals surface area contributed by atoms with Gasteiger partial charge in [0.1, 0.15) is 23.5 Å². The molecule has 8 heteroatoms. The second-order valence-corrected chi connectivity index (χ2v) is 10.1. The van der Waals surface area contributed by atoms with Crippen LogP contribution in [-0.4, -0.2) is 76.7 Å². The molecule has 1 fully saturated rings. The van der Waals surface area contributed by atoms with Crippen molar-refractivity contribution >= 4 is 28.9 Å². The summed E-state index contributed by atoms with van der Waals surface area (Å²) in [6, 6.07) is 3.95. The molecule has 3 heterocycles. The van der Waals surface area contributed by atoms with E-state index >= 15 is 0 Å². The number of hydrogen-bond donors (Lipinski definition) is 0. The molecule has 0 spiro atoms. The lowest BCUT2D eigenvalue weighted by Crippen LogP contribution is -2.51. The van der Waals surface area contributed by atoms with Crippen molar-refractivity contribution in [2.75, 3.05) is 33.2 Å². The Kier molecular flexibility index (Phi) is 8.99. The number of rotatable bonds is 9. The molecule has 1 aromatic rings. The first-order valence-corrected chi connectivity index (χ1v) is 13.2. The number of ketones is 1. The summed E-state index contributed by atoms with van der Waals surface area (Å²) in [6.45, 7) is 13.4. The zero-order valence-corrected chi connectivity index (χ0v) is 23.0. The van der Waals surface area contributed by atoms with E-state index in [9.17, 15) is 9.59 Å². The van der Waals surface area contributed by atoms with Crippen LogP contribution in [0.3, 0.4) is 0 Å². The van der Waals surface area contributed by atoms with Crippen LogP contribution in [0, 0.1) is 6.42 Å². The quantitative estimate of drug-likeness (QED) is 0.333. The molecule has 0 unspecified atom stereocenters. The summed E-state index contributed by atoms with van der Waals surface area (Å²) in [5.74, 6) is 1.60. The van der Waals surface area contributed by atoms with Gasteiger partial charge in [-0.3, -0.25) is 9.78 Å². The van der Waals surface area contributed by atoms with Crippen LogP contribution in [0.1, 0.15) is 44.4 Å². The Hall–Kier alpha value is -4.16. The van der Waals surface area contributed by atoms with Gasteiger partial charge in [-0.25, -0.2) is 9.79 Å². The molecule has 0 N–H and O–H groups in total. The van der Waals surface area contributed by atoms with Crippen LogP contribution in [0.2, 0.25) is 0 Å². The molecule has 1 aromatic heterocycles. The number of allylic oxidation sites excluding steroid dienone is 5. The Morgan fingerprint density at radius 3 is 2.62 bits per heavy atom. The van der Waals surface area contributed by atoms with Crippen LogP contribution in [0.5, 0.6) is 0 Å². The standard InChI is InChI=1S/C31H36N5O3/c1-6-8-27(26-9-7-15-32-29(26)24-11-12-24)30-33-28(14-16-34(30)5)35-17-19-36(20-18-35)31(38)39-25(21-23(4)37)13-10-22(2)3/h7-9,11-12,14-16,25H,1-2,10,13,17-21H2,3-5H3/b30-27+/t25-/m1/s1. The maximum atomic E-state index is 12.9. The average Bonchev–Trinajstić information content (AvgIpc) is 3.76. The number of Topliss-reactive ketones (excluding diaryl/α,β-unsaturated/α-hetero) is 1. The zero-order valence-electron chi connectivity index (χ0n) is 23.0. The van der Waals surface area contributed by atoms with E-state index in [2.05, 4.69) is 28.8 Å². The second-order valence-electron chi connectivity index (χ2n) is 10.1. The van der Waals surface area contributed by atoms with Crippen molar-refractivity contribution in [3.63, 3.8) is 0 Å². The van der Waals surface area contributed by atoms with Crippen LogP contribution >= 0.6 is 0 Å². The van der Waals surface area contributed by atoms with Crippen molar-refractivity contribution in [3.8, 4) is 0 Å². The first-order valence-electron chi connectivity index (χ1n) is 13.2. The molecule has 1 radical (unpaired) electrons. The number of nitrogens with zero attached hydrogens (tertiary/aromatic N) is 5. The van der Waals surface area contributed by atoms with E-state index < -0.39 is 6.10 Å². The van der Waals surface area contributed by atoms with Crippen LogP contribution < -0.4 is 0 Å². The summed E-state index contributed by atoms with van der Waals surface area (Å²) < 4.78 is 5.72. The van der Waals surface area contributed by atoms with Gasteiger partial charge in [-0.2, -0.15) is 0 Å². The fourth-order valence-electron chi connectivity index (χ4n) is 4.58. The van der Waals surface area contributed by atoms with Gasteiger partial charge in [-0.05, 0) is 50.5 Å². The second kappa shape index (κ2) is 12.6. The van der Waals surface area contributed by atoms with Gasteiger partial charge in [-0.1, -0.05) is 24.3 Å². The molecule has 2 aliphatic heterocycles. The number of hydrogen-bond acceptors (Lipinski definition) is 7. The minimum absolute atomic E-state index is 0.00585. The van der Waals surface area contributed by atoms with E-state index in [4.69, 9.17) is 9.73 Å². The number of carbonyl (C=O) groups excluding carboxylic acids is 2. The Balaban J connectivity index is 1.47. The summed E-state index contributed by atoms with van der Waals surface area (Å²) in [5.41, 5.74) is 7.78. The molecular weight excluding hydrogens is 490 g/mol. The molecule has 1 atom stereocenters. The van der Waals surface area contributed by atoms with Crippen molar-refractivity contribution in [1.82, 2.24) is 19.7 Å². The lowest BCUT2D eigenvalue weighted by atomic mass is 10.0. The van der Waals surface area contributed by atoms with Crippen LogP contribution in [0.25, 0.3) is 11.1 Å². The Labute approximate surface area is 231 Å². The maximum absolute atomic E-state index is 12.9. The van der Waals surface area contributed by atoms with E-state index in [1.807, 2.05) is 61.9 Å². The number of aliphatic imine (C=N–C) groups is 1. The minimum Gasteiger partial charge on any atom is -0.446 e. The van der Waals surface area contributed by atoms with Crippen molar-refractivity contribution in [3.05, 3.63) is 90.7 Å². The number of pyridine rings is 1. The van der Waals surface area contributed by atoms with E-state index in [1.165, 1.54) is 6.92 Å². The molecule has 1 amide bonds. The normalized spacial score (nSPS) is 18.5. The Morgan fingerprint density at radius 2 is 1.97 bits per heavy atom. The van der Waals surface area contributed by atoms with Gasteiger partial charge < -0.3 is 19.4 Å². The van der Waals surface area contributed by atoms with Gasteiger partial charge in [0.2, 0.25) is 0 Å². The molecular formula is C31H36N5O3. The topological polar surface area (TPSA) is 78.3 Å². The first-order chi connectivity index (χ1) is 18.8. The predicted octanol–water partition coefficient (Wildman–Crippen LogP) is 5.01. The van der Waals surface area contributed by atoms with Crippen molar-refractivity contribution in [1.29, 1.82) is 0 Å². The fourth-order valence-corrected chi connectivity index (χ4v) is 4.58. The molecule has 39 heavy (non-hydrogen) atoms. The summed E-state index contributed by atoms with van der Waals surface area (Å²) >= 11 is 0. The number of piperazine rings is 1. The number of aromatic nitrogens is 1. The maximum Gasteiger partial charge on any atom is 0.410 e. The lowest BCUT2D eigenvalue weighted by molar-refractivity contribution is -0.119. The highest BCUT2D eigenvalue weighted by atomic mass is 16.6. The van der Waals surface area contributed by atoms with Gasteiger partial charge in [0.25, 0.3) is 0 Å². The number of amidine groups is 1. The monoisotopic (exact) mass is 526 g/mol. The van der Waals surface area contributed by atoms with E-state index in [0.717, 1.165) is 46.1 Å². The van der Waals surface area contributed by atoms with Crippen molar-refractivity contribution < 1.29 is 14.3 Å². The fraction of sp³-hybridized carbons (Fsp3) is 0.355. The molecule has 0 aromatic carbocycles. The Morgan fingerprint density at radius 1 is 1.23 bits per heavy atom. The highest BCUT2D eigenvalue weighted by Crippen LogP contribution is 2.36. The lowest BCUT2D eigenvalue weighted by Gasteiger charge is -2.37. The number of amides is 1. The highest BCUT2D eigenvalue weighted by molar-refractivity contribution is 5.97. The first kappa shape index (κ1) is 27.9. The molecule has 8 nitrogen and oxygen atoms in total. The summed E-state index contributed by atoms with van der Waals surface area (Å²) in [5, 5.41) is 0. The number of carbonyl (C=O) groups is 2. The van der Waals surface area contributed by atoms with Gasteiger partial charge in [-0.15, -0.1) is 12.3 Å².